The maximum absolute atomic E-state index is 12.0. The van der Waals surface area contributed by atoms with Gasteiger partial charge in [0.25, 0.3) is 0 Å². The van der Waals surface area contributed by atoms with Crippen LogP contribution in [0.15, 0.2) is 29.2 Å². The van der Waals surface area contributed by atoms with Gasteiger partial charge in [0.05, 0.1) is 4.90 Å². The molecule has 0 aliphatic carbocycles. The molecule has 0 saturated carbocycles. The minimum atomic E-state index is -3.35. The van der Waals surface area contributed by atoms with Gasteiger partial charge in [-0.05, 0) is 50.0 Å². The fourth-order valence-electron chi connectivity index (χ4n) is 1.98. The molecule has 1 heterocycles. The van der Waals surface area contributed by atoms with E-state index in [4.69, 9.17) is 0 Å². The molecule has 1 aromatic rings. The van der Waals surface area contributed by atoms with Crippen LogP contribution in [0.5, 0.6) is 0 Å². The van der Waals surface area contributed by atoms with Crippen molar-refractivity contribution in [2.24, 2.45) is 5.92 Å². The van der Waals surface area contributed by atoms with Gasteiger partial charge >= 0.3 is 0 Å². The normalized spacial score (nSPS) is 19.5. The standard InChI is InChI=1S/C12H18N2O2S.ClH/c1-10-3-2-4-12(7-10)17(15,16)14-9-11-5-6-13-8-11;/h2-4,7,11,13-14H,5-6,8-9H2,1H3;1H. The molecule has 1 aliphatic heterocycles. The van der Waals surface area contributed by atoms with Crippen molar-refractivity contribution in [2.45, 2.75) is 18.2 Å². The number of aryl methyl sites for hydroxylation is 1. The molecule has 0 amide bonds. The summed E-state index contributed by atoms with van der Waals surface area (Å²) in [5.74, 6) is 0.412. The number of rotatable bonds is 4. The summed E-state index contributed by atoms with van der Waals surface area (Å²) in [6.45, 7) is 4.29. The number of hydrogen-bond donors (Lipinski definition) is 2. The molecule has 1 aromatic carbocycles. The first-order valence-corrected chi connectivity index (χ1v) is 7.33. The van der Waals surface area contributed by atoms with E-state index >= 15 is 0 Å². The van der Waals surface area contributed by atoms with Gasteiger partial charge in [-0.15, -0.1) is 12.4 Å². The molecule has 0 aromatic heterocycles. The number of benzene rings is 1. The van der Waals surface area contributed by atoms with Crippen molar-refractivity contribution in [3.8, 4) is 0 Å². The van der Waals surface area contributed by atoms with E-state index in [0.29, 0.717) is 17.4 Å². The molecule has 1 saturated heterocycles. The molecule has 0 bridgehead atoms. The molecule has 2 rings (SSSR count). The first kappa shape index (κ1) is 15.4. The molecule has 18 heavy (non-hydrogen) atoms. The molecule has 0 radical (unpaired) electrons. The Hall–Kier alpha value is -0.620. The summed E-state index contributed by atoms with van der Waals surface area (Å²) in [6.07, 6.45) is 1.04. The topological polar surface area (TPSA) is 58.2 Å². The zero-order valence-electron chi connectivity index (χ0n) is 10.3. The summed E-state index contributed by atoms with van der Waals surface area (Å²) in [6, 6.07) is 6.97. The summed E-state index contributed by atoms with van der Waals surface area (Å²) in [5, 5.41) is 3.22. The van der Waals surface area contributed by atoms with Crippen LogP contribution in [-0.4, -0.2) is 28.1 Å². The van der Waals surface area contributed by atoms with E-state index in [9.17, 15) is 8.42 Å². The number of halogens is 1. The lowest BCUT2D eigenvalue weighted by Crippen LogP contribution is -2.30. The highest BCUT2D eigenvalue weighted by molar-refractivity contribution is 7.89. The lowest BCUT2D eigenvalue weighted by atomic mass is 10.1. The lowest BCUT2D eigenvalue weighted by molar-refractivity contribution is 0.538. The van der Waals surface area contributed by atoms with Crippen molar-refractivity contribution >= 4 is 22.4 Å². The lowest BCUT2D eigenvalue weighted by Gasteiger charge is -2.11. The average Bonchev–Trinajstić information content (AvgIpc) is 2.79. The largest absolute Gasteiger partial charge is 0.316 e. The van der Waals surface area contributed by atoms with Crippen LogP contribution >= 0.6 is 12.4 Å². The molecule has 6 heteroatoms. The molecule has 1 aliphatic rings. The summed E-state index contributed by atoms with van der Waals surface area (Å²) in [5.41, 5.74) is 0.954. The second-order valence-electron chi connectivity index (χ2n) is 4.53. The van der Waals surface area contributed by atoms with Crippen LogP contribution in [0.1, 0.15) is 12.0 Å². The van der Waals surface area contributed by atoms with Gasteiger partial charge < -0.3 is 5.32 Å². The van der Waals surface area contributed by atoms with Gasteiger partial charge in [-0.3, -0.25) is 0 Å². The molecule has 1 fully saturated rings. The van der Waals surface area contributed by atoms with Gasteiger partial charge in [0, 0.05) is 6.54 Å². The Balaban J connectivity index is 0.00000162. The molecule has 102 valence electrons. The van der Waals surface area contributed by atoms with Crippen molar-refractivity contribution in [1.82, 2.24) is 10.0 Å². The first-order valence-electron chi connectivity index (χ1n) is 5.85. The Morgan fingerprint density at radius 2 is 2.22 bits per heavy atom. The van der Waals surface area contributed by atoms with Crippen molar-refractivity contribution < 1.29 is 8.42 Å². The predicted molar refractivity (Wildman–Crippen MR) is 74.6 cm³/mol. The van der Waals surface area contributed by atoms with Crippen LogP contribution in [-0.2, 0) is 10.0 Å². The molecule has 1 atom stereocenters. The van der Waals surface area contributed by atoms with E-state index in [-0.39, 0.29) is 12.4 Å². The highest BCUT2D eigenvalue weighted by Crippen LogP contribution is 2.12. The Bertz CT molecular complexity index is 485. The summed E-state index contributed by atoms with van der Waals surface area (Å²) >= 11 is 0. The smallest absolute Gasteiger partial charge is 0.240 e. The second kappa shape index (κ2) is 6.52. The summed E-state index contributed by atoms with van der Waals surface area (Å²) in [7, 11) is -3.35. The third-order valence-electron chi connectivity index (χ3n) is 3.02. The monoisotopic (exact) mass is 290 g/mol. The van der Waals surface area contributed by atoms with E-state index < -0.39 is 10.0 Å². The number of nitrogens with one attached hydrogen (secondary N) is 2. The SMILES string of the molecule is Cc1cccc(S(=O)(=O)NCC2CCNC2)c1.Cl. The summed E-state index contributed by atoms with van der Waals surface area (Å²) < 4.78 is 26.7. The molecule has 1 unspecified atom stereocenters. The predicted octanol–water partition coefficient (Wildman–Crippen LogP) is 1.30. The third-order valence-corrected chi connectivity index (χ3v) is 4.45. The van der Waals surface area contributed by atoms with Gasteiger partial charge in [0.1, 0.15) is 0 Å². The maximum atomic E-state index is 12.0. The van der Waals surface area contributed by atoms with Crippen molar-refractivity contribution in [2.75, 3.05) is 19.6 Å². The van der Waals surface area contributed by atoms with Crippen LogP contribution in [0.25, 0.3) is 0 Å². The van der Waals surface area contributed by atoms with E-state index in [1.165, 1.54) is 0 Å². The van der Waals surface area contributed by atoms with Crippen LogP contribution in [0.4, 0.5) is 0 Å². The molecular formula is C12H19ClN2O2S. The quantitative estimate of drug-likeness (QED) is 0.879. The van der Waals surface area contributed by atoms with Crippen LogP contribution in [0.2, 0.25) is 0 Å². The zero-order valence-corrected chi connectivity index (χ0v) is 12.0. The van der Waals surface area contributed by atoms with Gasteiger partial charge in [0.15, 0.2) is 0 Å². The highest BCUT2D eigenvalue weighted by atomic mass is 35.5. The Kier molecular flexibility index (Phi) is 5.59. The first-order chi connectivity index (χ1) is 8.08. The van der Waals surface area contributed by atoms with Crippen LogP contribution in [0, 0.1) is 12.8 Å². The number of sulfonamides is 1. The molecule has 0 spiro atoms. The Morgan fingerprint density at radius 1 is 1.44 bits per heavy atom. The second-order valence-corrected chi connectivity index (χ2v) is 6.29. The van der Waals surface area contributed by atoms with E-state index in [1.807, 2.05) is 13.0 Å². The fourth-order valence-corrected chi connectivity index (χ4v) is 3.20. The minimum Gasteiger partial charge on any atom is -0.316 e. The van der Waals surface area contributed by atoms with Gasteiger partial charge in [0.2, 0.25) is 10.0 Å². The van der Waals surface area contributed by atoms with Crippen molar-refractivity contribution in [3.63, 3.8) is 0 Å². The molecule has 4 nitrogen and oxygen atoms in total. The van der Waals surface area contributed by atoms with Gasteiger partial charge in [-0.25, -0.2) is 13.1 Å². The van der Waals surface area contributed by atoms with E-state index in [0.717, 1.165) is 25.1 Å². The summed E-state index contributed by atoms with van der Waals surface area (Å²) in [4.78, 5) is 0.350. The fraction of sp³-hybridized carbons (Fsp3) is 0.500. The average molecular weight is 291 g/mol. The van der Waals surface area contributed by atoms with Crippen LogP contribution in [0.3, 0.4) is 0 Å². The third kappa shape index (κ3) is 3.95. The maximum Gasteiger partial charge on any atom is 0.240 e. The van der Waals surface area contributed by atoms with E-state index in [1.54, 1.807) is 18.2 Å². The highest BCUT2D eigenvalue weighted by Gasteiger charge is 2.19. The zero-order chi connectivity index (χ0) is 12.3. The molecule has 2 N–H and O–H groups in total. The number of hydrogen-bond acceptors (Lipinski definition) is 3. The minimum absolute atomic E-state index is 0. The Labute approximate surface area is 115 Å². The Morgan fingerprint density at radius 3 is 2.83 bits per heavy atom. The van der Waals surface area contributed by atoms with Crippen LogP contribution < -0.4 is 10.0 Å². The van der Waals surface area contributed by atoms with Crippen molar-refractivity contribution in [3.05, 3.63) is 29.8 Å². The van der Waals surface area contributed by atoms with Gasteiger partial charge in [-0.2, -0.15) is 0 Å². The van der Waals surface area contributed by atoms with Gasteiger partial charge in [-0.1, -0.05) is 12.1 Å². The van der Waals surface area contributed by atoms with E-state index in [2.05, 4.69) is 10.0 Å². The molecular weight excluding hydrogens is 272 g/mol. The van der Waals surface area contributed by atoms with Crippen molar-refractivity contribution in [1.29, 1.82) is 0 Å².